The molecule has 3 nitrogen and oxygen atoms in total. The smallest absolute Gasteiger partial charge is 0.279 e. The van der Waals surface area contributed by atoms with Gasteiger partial charge in [0.2, 0.25) is 0 Å². The molecule has 0 spiro atoms. The standard InChI is InChI=1S/C22H24N2OS/c1-4-5-13-24-20(19-12-11-16(2)14-17(19)3)15-26-22(24)23-21(25)18-9-7-6-8-10-18/h6-12,14-15H,4-5,13H2,1-3H3/b23-22+. The molecule has 0 radical (unpaired) electrons. The molecule has 0 atom stereocenters. The van der Waals surface area contributed by atoms with E-state index in [2.05, 4.69) is 53.9 Å². The second kappa shape index (κ2) is 8.28. The number of nitrogens with zero attached hydrogens (tertiary/aromatic N) is 2. The molecule has 0 aliphatic carbocycles. The topological polar surface area (TPSA) is 34.4 Å². The van der Waals surface area contributed by atoms with Gasteiger partial charge in [-0.05, 0) is 38.0 Å². The first-order valence-electron chi connectivity index (χ1n) is 9.00. The minimum atomic E-state index is -0.190. The Kier molecular flexibility index (Phi) is 5.84. The molecule has 134 valence electrons. The number of carbonyl (C=O) groups excluding carboxylic acids is 1. The Morgan fingerprint density at radius 3 is 2.58 bits per heavy atom. The van der Waals surface area contributed by atoms with Crippen molar-refractivity contribution in [1.29, 1.82) is 0 Å². The molecule has 0 saturated heterocycles. The van der Waals surface area contributed by atoms with Gasteiger partial charge in [0.1, 0.15) is 0 Å². The van der Waals surface area contributed by atoms with Gasteiger partial charge in [-0.1, -0.05) is 55.3 Å². The molecule has 0 bridgehead atoms. The summed E-state index contributed by atoms with van der Waals surface area (Å²) in [6, 6.07) is 15.7. The van der Waals surface area contributed by atoms with Crippen LogP contribution in [0.4, 0.5) is 0 Å². The number of unbranched alkanes of at least 4 members (excludes halogenated alkanes) is 1. The van der Waals surface area contributed by atoms with Crippen molar-refractivity contribution in [1.82, 2.24) is 4.57 Å². The molecule has 3 aromatic rings. The number of amides is 1. The van der Waals surface area contributed by atoms with Crippen molar-refractivity contribution in [3.05, 3.63) is 75.4 Å². The predicted octanol–water partition coefficient (Wildman–Crippen LogP) is 5.37. The summed E-state index contributed by atoms with van der Waals surface area (Å²) < 4.78 is 2.19. The maximum Gasteiger partial charge on any atom is 0.279 e. The zero-order valence-electron chi connectivity index (χ0n) is 15.5. The summed E-state index contributed by atoms with van der Waals surface area (Å²) in [7, 11) is 0. The molecule has 0 N–H and O–H groups in total. The Bertz CT molecular complexity index is 967. The molecule has 0 saturated carbocycles. The summed E-state index contributed by atoms with van der Waals surface area (Å²) in [5, 5.41) is 2.12. The largest absolute Gasteiger partial charge is 0.316 e. The van der Waals surface area contributed by atoms with E-state index < -0.39 is 0 Å². The number of hydrogen-bond acceptors (Lipinski definition) is 2. The van der Waals surface area contributed by atoms with E-state index in [0.717, 1.165) is 29.9 Å². The minimum Gasteiger partial charge on any atom is -0.316 e. The van der Waals surface area contributed by atoms with Gasteiger partial charge in [0.25, 0.3) is 5.91 Å². The number of benzene rings is 2. The van der Waals surface area contributed by atoms with Gasteiger partial charge in [0.15, 0.2) is 4.80 Å². The van der Waals surface area contributed by atoms with Gasteiger partial charge in [0.05, 0.1) is 5.69 Å². The van der Waals surface area contributed by atoms with Crippen LogP contribution in [0.5, 0.6) is 0 Å². The molecule has 2 aromatic carbocycles. The van der Waals surface area contributed by atoms with Crippen LogP contribution in [0.3, 0.4) is 0 Å². The number of aromatic nitrogens is 1. The van der Waals surface area contributed by atoms with Crippen molar-refractivity contribution in [2.24, 2.45) is 4.99 Å². The molecular formula is C22H24N2OS. The van der Waals surface area contributed by atoms with Gasteiger partial charge in [-0.15, -0.1) is 11.3 Å². The predicted molar refractivity (Wildman–Crippen MR) is 108 cm³/mol. The normalized spacial score (nSPS) is 11.7. The summed E-state index contributed by atoms with van der Waals surface area (Å²) in [4.78, 5) is 17.7. The highest BCUT2D eigenvalue weighted by Crippen LogP contribution is 2.25. The first-order valence-corrected chi connectivity index (χ1v) is 9.88. The van der Waals surface area contributed by atoms with E-state index in [0.29, 0.717) is 5.56 Å². The van der Waals surface area contributed by atoms with Crippen LogP contribution in [0.15, 0.2) is 58.9 Å². The molecule has 4 heteroatoms. The number of thiazole rings is 1. The second-order valence-corrected chi connectivity index (χ2v) is 7.35. The molecule has 1 heterocycles. The van der Waals surface area contributed by atoms with Gasteiger partial charge < -0.3 is 4.57 Å². The highest BCUT2D eigenvalue weighted by atomic mass is 32.1. The van der Waals surface area contributed by atoms with Crippen molar-refractivity contribution >= 4 is 17.2 Å². The summed E-state index contributed by atoms with van der Waals surface area (Å²) in [5.41, 5.74) is 5.47. The van der Waals surface area contributed by atoms with Crippen molar-refractivity contribution < 1.29 is 4.79 Å². The number of rotatable bonds is 5. The Morgan fingerprint density at radius 2 is 1.88 bits per heavy atom. The highest BCUT2D eigenvalue weighted by Gasteiger charge is 2.12. The number of carbonyl (C=O) groups is 1. The molecule has 0 unspecified atom stereocenters. The van der Waals surface area contributed by atoms with Crippen LogP contribution in [0.2, 0.25) is 0 Å². The first kappa shape index (κ1) is 18.3. The van der Waals surface area contributed by atoms with Crippen molar-refractivity contribution in [3.8, 4) is 11.3 Å². The van der Waals surface area contributed by atoms with Gasteiger partial charge in [-0.2, -0.15) is 4.99 Å². The maximum absolute atomic E-state index is 12.5. The lowest BCUT2D eigenvalue weighted by molar-refractivity contribution is 0.0997. The van der Waals surface area contributed by atoms with E-state index in [-0.39, 0.29) is 5.91 Å². The van der Waals surface area contributed by atoms with Gasteiger partial charge >= 0.3 is 0 Å². The molecule has 26 heavy (non-hydrogen) atoms. The van der Waals surface area contributed by atoms with Crippen LogP contribution in [0.1, 0.15) is 41.3 Å². The zero-order chi connectivity index (χ0) is 18.5. The number of hydrogen-bond donors (Lipinski definition) is 0. The van der Waals surface area contributed by atoms with Crippen molar-refractivity contribution in [3.63, 3.8) is 0 Å². The summed E-state index contributed by atoms with van der Waals surface area (Å²) in [6.07, 6.45) is 2.16. The Labute approximate surface area is 158 Å². The fourth-order valence-electron chi connectivity index (χ4n) is 3.00. The molecule has 1 aromatic heterocycles. The van der Waals surface area contributed by atoms with Gasteiger partial charge in [0, 0.05) is 23.1 Å². The van der Waals surface area contributed by atoms with E-state index in [9.17, 15) is 4.79 Å². The SMILES string of the molecule is CCCCn1c(-c2ccc(C)cc2C)cs/c1=N/C(=O)c1ccccc1. The molecule has 3 rings (SSSR count). The van der Waals surface area contributed by atoms with E-state index in [4.69, 9.17) is 0 Å². The highest BCUT2D eigenvalue weighted by molar-refractivity contribution is 7.07. The van der Waals surface area contributed by atoms with Crippen LogP contribution in [0.25, 0.3) is 11.3 Å². The van der Waals surface area contributed by atoms with Crippen LogP contribution < -0.4 is 4.80 Å². The van der Waals surface area contributed by atoms with Crippen LogP contribution >= 0.6 is 11.3 Å². The minimum absolute atomic E-state index is 0.190. The molecule has 0 aliphatic rings. The van der Waals surface area contributed by atoms with E-state index >= 15 is 0 Å². The van der Waals surface area contributed by atoms with Gasteiger partial charge in [-0.25, -0.2) is 0 Å². The molecule has 1 amide bonds. The fourth-order valence-corrected chi connectivity index (χ4v) is 3.92. The van der Waals surface area contributed by atoms with Crippen LogP contribution in [-0.2, 0) is 6.54 Å². The third kappa shape index (κ3) is 4.02. The average Bonchev–Trinajstić information content (AvgIpc) is 3.03. The Morgan fingerprint density at radius 1 is 1.12 bits per heavy atom. The first-order chi connectivity index (χ1) is 12.6. The second-order valence-electron chi connectivity index (χ2n) is 6.51. The van der Waals surface area contributed by atoms with E-state index in [1.54, 1.807) is 12.1 Å². The Hall–Kier alpha value is -2.46. The zero-order valence-corrected chi connectivity index (χ0v) is 16.3. The lowest BCUT2D eigenvalue weighted by Crippen LogP contribution is -2.18. The molecule has 0 fully saturated rings. The van der Waals surface area contributed by atoms with Gasteiger partial charge in [-0.3, -0.25) is 4.79 Å². The summed E-state index contributed by atoms with van der Waals surface area (Å²) in [5.74, 6) is -0.190. The monoisotopic (exact) mass is 364 g/mol. The maximum atomic E-state index is 12.5. The lowest BCUT2D eigenvalue weighted by atomic mass is 10.0. The van der Waals surface area contributed by atoms with Crippen molar-refractivity contribution in [2.75, 3.05) is 0 Å². The van der Waals surface area contributed by atoms with Crippen LogP contribution in [-0.4, -0.2) is 10.5 Å². The average molecular weight is 365 g/mol. The fraction of sp³-hybridized carbons (Fsp3) is 0.273. The quantitative estimate of drug-likeness (QED) is 0.599. The van der Waals surface area contributed by atoms with Crippen molar-refractivity contribution in [2.45, 2.75) is 40.2 Å². The summed E-state index contributed by atoms with van der Waals surface area (Å²) in [6.45, 7) is 7.28. The Balaban J connectivity index is 2.08. The molecule has 0 aliphatic heterocycles. The number of aryl methyl sites for hydroxylation is 2. The molecular weight excluding hydrogens is 340 g/mol. The summed E-state index contributed by atoms with van der Waals surface area (Å²) >= 11 is 1.53. The van der Waals surface area contributed by atoms with E-state index in [1.807, 2.05) is 18.2 Å². The lowest BCUT2D eigenvalue weighted by Gasteiger charge is -2.11. The van der Waals surface area contributed by atoms with E-state index in [1.165, 1.54) is 28.0 Å². The van der Waals surface area contributed by atoms with Crippen LogP contribution in [0, 0.1) is 13.8 Å². The third-order valence-corrected chi connectivity index (χ3v) is 5.27. The third-order valence-electron chi connectivity index (χ3n) is 4.41.